The van der Waals surface area contributed by atoms with Gasteiger partial charge in [0, 0.05) is 53.0 Å². The molecule has 152 valence electrons. The summed E-state index contributed by atoms with van der Waals surface area (Å²) in [6.45, 7) is 2.92. The third kappa shape index (κ3) is 4.48. The molecule has 5 nitrogen and oxygen atoms in total. The van der Waals surface area contributed by atoms with Gasteiger partial charge in [-0.25, -0.2) is 0 Å². The third-order valence-corrected chi connectivity index (χ3v) is 8.42. The van der Waals surface area contributed by atoms with Gasteiger partial charge >= 0.3 is 0 Å². The number of hydrogen-bond donors (Lipinski definition) is 2. The van der Waals surface area contributed by atoms with Crippen LogP contribution in [0.15, 0.2) is 23.1 Å². The van der Waals surface area contributed by atoms with Crippen molar-refractivity contribution < 1.29 is 9.59 Å². The fourth-order valence-electron chi connectivity index (χ4n) is 4.44. The first-order valence-electron chi connectivity index (χ1n) is 9.92. The summed E-state index contributed by atoms with van der Waals surface area (Å²) in [7, 11) is 0. The van der Waals surface area contributed by atoms with E-state index < -0.39 is 5.25 Å². The Kier molecular flexibility index (Phi) is 6.45. The van der Waals surface area contributed by atoms with Crippen LogP contribution in [-0.4, -0.2) is 58.6 Å². The van der Waals surface area contributed by atoms with Crippen LogP contribution in [0.2, 0.25) is 5.02 Å². The third-order valence-electron chi connectivity index (χ3n) is 5.96. The quantitative estimate of drug-likeness (QED) is 0.733. The molecule has 0 spiro atoms. The van der Waals surface area contributed by atoms with Gasteiger partial charge in [-0.1, -0.05) is 24.4 Å². The molecular weight excluding hydrogens is 414 g/mol. The molecular formula is C20H26ClN3O2S2. The van der Waals surface area contributed by atoms with E-state index in [0.717, 1.165) is 36.5 Å². The summed E-state index contributed by atoms with van der Waals surface area (Å²) in [5.74, 6) is 2.19. The van der Waals surface area contributed by atoms with Crippen LogP contribution < -0.4 is 10.6 Å². The first-order valence-corrected chi connectivity index (χ1v) is 12.3. The van der Waals surface area contributed by atoms with Crippen LogP contribution in [0.3, 0.4) is 0 Å². The van der Waals surface area contributed by atoms with Crippen molar-refractivity contribution in [3.8, 4) is 0 Å². The van der Waals surface area contributed by atoms with E-state index in [2.05, 4.69) is 15.5 Å². The minimum Gasteiger partial charge on any atom is -0.354 e. The van der Waals surface area contributed by atoms with Crippen molar-refractivity contribution in [1.82, 2.24) is 10.2 Å². The van der Waals surface area contributed by atoms with E-state index >= 15 is 0 Å². The van der Waals surface area contributed by atoms with E-state index in [0.29, 0.717) is 11.6 Å². The minimum absolute atomic E-state index is 0.0391. The summed E-state index contributed by atoms with van der Waals surface area (Å²) < 4.78 is 0. The average Bonchev–Trinajstić information content (AvgIpc) is 3.18. The summed E-state index contributed by atoms with van der Waals surface area (Å²) in [6, 6.07) is 5.45. The molecule has 0 aromatic heterocycles. The molecule has 1 saturated heterocycles. The van der Waals surface area contributed by atoms with Gasteiger partial charge in [0.2, 0.25) is 11.8 Å². The van der Waals surface area contributed by atoms with Gasteiger partial charge in [-0.2, -0.15) is 11.8 Å². The van der Waals surface area contributed by atoms with Gasteiger partial charge in [0.05, 0.1) is 10.9 Å². The van der Waals surface area contributed by atoms with Crippen molar-refractivity contribution in [2.75, 3.05) is 36.5 Å². The number of carbonyl (C=O) groups excluding carboxylic acids is 2. The van der Waals surface area contributed by atoms with Gasteiger partial charge in [-0.15, -0.1) is 11.8 Å². The number of fused-ring (bicyclic) bond motifs is 1. The number of halogens is 1. The first-order chi connectivity index (χ1) is 13.6. The number of anilines is 1. The van der Waals surface area contributed by atoms with Crippen molar-refractivity contribution in [1.29, 1.82) is 0 Å². The second-order valence-electron chi connectivity index (χ2n) is 7.75. The molecule has 1 aromatic rings. The summed E-state index contributed by atoms with van der Waals surface area (Å²) in [5, 5.41) is 6.23. The zero-order valence-corrected chi connectivity index (χ0v) is 18.2. The molecule has 0 radical (unpaired) electrons. The van der Waals surface area contributed by atoms with Gasteiger partial charge in [0.15, 0.2) is 0 Å². The van der Waals surface area contributed by atoms with Crippen molar-refractivity contribution in [3.63, 3.8) is 0 Å². The Hall–Kier alpha value is -0.890. The summed E-state index contributed by atoms with van der Waals surface area (Å²) in [5.41, 5.74) is 0.842. The van der Waals surface area contributed by atoms with E-state index in [1.807, 2.05) is 23.9 Å². The van der Waals surface area contributed by atoms with Crippen molar-refractivity contribution in [2.24, 2.45) is 0 Å². The molecule has 8 heteroatoms. The van der Waals surface area contributed by atoms with Crippen LogP contribution >= 0.6 is 35.1 Å². The lowest BCUT2D eigenvalue weighted by atomic mass is 9.94. The number of thioether (sulfide) groups is 2. The lowest BCUT2D eigenvalue weighted by molar-refractivity contribution is -0.124. The smallest absolute Gasteiger partial charge is 0.238 e. The number of nitrogens with zero attached hydrogens (tertiary/aromatic N) is 1. The zero-order chi connectivity index (χ0) is 19.6. The van der Waals surface area contributed by atoms with Gasteiger partial charge in [-0.3, -0.25) is 14.5 Å². The number of amides is 2. The average molecular weight is 440 g/mol. The highest BCUT2D eigenvalue weighted by Gasteiger charge is 2.40. The molecule has 1 atom stereocenters. The largest absolute Gasteiger partial charge is 0.354 e. The Morgan fingerprint density at radius 3 is 2.79 bits per heavy atom. The summed E-state index contributed by atoms with van der Waals surface area (Å²) >= 11 is 9.45. The van der Waals surface area contributed by atoms with E-state index in [4.69, 9.17) is 11.6 Å². The highest BCUT2D eigenvalue weighted by atomic mass is 35.5. The highest BCUT2D eigenvalue weighted by molar-refractivity contribution is 8.01. The predicted molar refractivity (Wildman–Crippen MR) is 117 cm³/mol. The van der Waals surface area contributed by atoms with Crippen molar-refractivity contribution in [3.05, 3.63) is 23.2 Å². The van der Waals surface area contributed by atoms with Crippen LogP contribution in [-0.2, 0) is 9.59 Å². The molecule has 2 heterocycles. The Balaban J connectivity index is 1.35. The molecule has 28 heavy (non-hydrogen) atoms. The zero-order valence-electron chi connectivity index (χ0n) is 15.8. The number of hydrogen-bond acceptors (Lipinski definition) is 5. The Bertz CT molecular complexity index is 749. The Morgan fingerprint density at radius 1 is 1.29 bits per heavy atom. The van der Waals surface area contributed by atoms with Crippen molar-refractivity contribution in [2.45, 2.75) is 47.8 Å². The molecule has 1 unspecified atom stereocenters. The van der Waals surface area contributed by atoms with E-state index in [1.165, 1.54) is 36.1 Å². The molecule has 2 aliphatic heterocycles. The van der Waals surface area contributed by atoms with E-state index in [-0.39, 0.29) is 23.8 Å². The SMILES string of the molecule is O=C(CC1Sc2ccc(Cl)cc2NC1=O)NCC1(N2CCSCC2)CCCC1. The molecule has 0 bridgehead atoms. The van der Waals surface area contributed by atoms with Gasteiger partial charge < -0.3 is 10.6 Å². The number of nitrogens with one attached hydrogen (secondary N) is 2. The molecule has 1 aromatic carbocycles. The molecule has 1 aliphatic carbocycles. The highest BCUT2D eigenvalue weighted by Crippen LogP contribution is 2.39. The topological polar surface area (TPSA) is 61.4 Å². The van der Waals surface area contributed by atoms with Gasteiger partial charge in [-0.05, 0) is 31.0 Å². The van der Waals surface area contributed by atoms with Crippen LogP contribution in [0.5, 0.6) is 0 Å². The molecule has 2 fully saturated rings. The summed E-state index contributed by atoms with van der Waals surface area (Å²) in [6.07, 6.45) is 4.99. The molecule has 2 amide bonds. The van der Waals surface area contributed by atoms with Crippen molar-refractivity contribution >= 4 is 52.6 Å². The monoisotopic (exact) mass is 439 g/mol. The van der Waals surface area contributed by atoms with E-state index in [9.17, 15) is 9.59 Å². The molecule has 3 aliphatic rings. The maximum Gasteiger partial charge on any atom is 0.238 e. The number of benzene rings is 1. The minimum atomic E-state index is -0.403. The summed E-state index contributed by atoms with van der Waals surface area (Å²) in [4.78, 5) is 28.6. The fraction of sp³-hybridized carbons (Fsp3) is 0.600. The molecule has 2 N–H and O–H groups in total. The standard InChI is InChI=1S/C20H26ClN3O2S2/c21-14-3-4-16-15(11-14)23-19(26)17(28-16)12-18(25)22-13-20(5-1-2-6-20)24-7-9-27-10-8-24/h3-4,11,17H,1-2,5-10,12-13H2,(H,22,25)(H,23,26). The van der Waals surface area contributed by atoms with Crippen LogP contribution in [0.4, 0.5) is 5.69 Å². The van der Waals surface area contributed by atoms with Crippen LogP contribution in [0.1, 0.15) is 32.1 Å². The van der Waals surface area contributed by atoms with E-state index in [1.54, 1.807) is 6.07 Å². The maximum absolute atomic E-state index is 12.7. The lowest BCUT2D eigenvalue weighted by Gasteiger charge is -2.43. The van der Waals surface area contributed by atoms with Gasteiger partial charge in [0.1, 0.15) is 0 Å². The van der Waals surface area contributed by atoms with Crippen LogP contribution in [0, 0.1) is 0 Å². The second kappa shape index (κ2) is 8.86. The number of rotatable bonds is 5. The maximum atomic E-state index is 12.7. The first kappa shape index (κ1) is 20.4. The lowest BCUT2D eigenvalue weighted by Crippen LogP contribution is -2.56. The number of carbonyl (C=O) groups is 2. The molecule has 1 saturated carbocycles. The fourth-order valence-corrected chi connectivity index (χ4v) is 6.60. The predicted octanol–water partition coefficient (Wildman–Crippen LogP) is 3.62. The Morgan fingerprint density at radius 2 is 2.04 bits per heavy atom. The van der Waals surface area contributed by atoms with Gasteiger partial charge in [0.25, 0.3) is 0 Å². The van der Waals surface area contributed by atoms with Crippen LogP contribution in [0.25, 0.3) is 0 Å². The second-order valence-corrected chi connectivity index (χ2v) is 10.7. The molecule has 4 rings (SSSR count). The Labute approximate surface area is 179 Å². The normalized spacial score (nSPS) is 24.5.